The average molecular weight is 513 g/mol. The number of unbranched alkanes of at least 4 members (excludes halogenated alkanes) is 3. The summed E-state index contributed by atoms with van der Waals surface area (Å²) in [6.07, 6.45) is 10.6. The summed E-state index contributed by atoms with van der Waals surface area (Å²) in [4.78, 5) is 2.74. The highest BCUT2D eigenvalue weighted by Gasteiger charge is 2.27. The van der Waals surface area contributed by atoms with Gasteiger partial charge < -0.3 is 29.2 Å². The SMILES string of the molecule is CCCN(CCCCCCNCCc1cc(OC)cc(OC)c1)[C@H]1CCc2c(ccc(OC)c2OC)C1. The standard InChI is InChI=1S/C31H48N2O4/c1-6-18-33(26-12-13-29-25(22-26)11-14-30(36-4)31(29)37-5)19-10-8-7-9-16-32-17-15-24-20-27(34-2)23-28(21-24)35-3/h11,14,20-21,23,26,32H,6-10,12-13,15-19,22H2,1-5H3/t26-/m0/s1. The van der Waals surface area contributed by atoms with Gasteiger partial charge in [0.05, 0.1) is 28.4 Å². The smallest absolute Gasteiger partial charge is 0.164 e. The van der Waals surface area contributed by atoms with E-state index in [1.807, 2.05) is 6.07 Å². The Labute approximate surface area is 224 Å². The maximum Gasteiger partial charge on any atom is 0.164 e. The van der Waals surface area contributed by atoms with E-state index >= 15 is 0 Å². The molecule has 1 N–H and O–H groups in total. The molecule has 0 aliphatic heterocycles. The van der Waals surface area contributed by atoms with Gasteiger partial charge in [0.1, 0.15) is 11.5 Å². The Balaban J connectivity index is 1.34. The zero-order chi connectivity index (χ0) is 26.5. The van der Waals surface area contributed by atoms with Gasteiger partial charge in [-0.25, -0.2) is 0 Å². The van der Waals surface area contributed by atoms with E-state index < -0.39 is 0 Å². The van der Waals surface area contributed by atoms with Crippen LogP contribution in [0.5, 0.6) is 23.0 Å². The molecular weight excluding hydrogens is 464 g/mol. The van der Waals surface area contributed by atoms with Crippen molar-refractivity contribution in [2.24, 2.45) is 0 Å². The van der Waals surface area contributed by atoms with E-state index in [0.717, 1.165) is 55.4 Å². The van der Waals surface area contributed by atoms with E-state index in [4.69, 9.17) is 18.9 Å². The minimum atomic E-state index is 0.627. The number of fused-ring (bicyclic) bond motifs is 1. The molecule has 1 atom stereocenters. The third kappa shape index (κ3) is 8.54. The fourth-order valence-electron chi connectivity index (χ4n) is 5.53. The van der Waals surface area contributed by atoms with Crippen LogP contribution in [0.3, 0.4) is 0 Å². The van der Waals surface area contributed by atoms with Gasteiger partial charge in [0, 0.05) is 17.7 Å². The molecule has 0 spiro atoms. The molecule has 0 heterocycles. The number of ether oxygens (including phenoxy) is 4. The molecule has 3 rings (SSSR count). The molecule has 0 fully saturated rings. The lowest BCUT2D eigenvalue weighted by Gasteiger charge is -2.36. The number of hydrogen-bond acceptors (Lipinski definition) is 6. The van der Waals surface area contributed by atoms with Crippen LogP contribution in [0.2, 0.25) is 0 Å². The molecule has 2 aromatic rings. The maximum atomic E-state index is 5.69. The summed E-state index contributed by atoms with van der Waals surface area (Å²) in [7, 11) is 6.86. The van der Waals surface area contributed by atoms with E-state index in [1.54, 1.807) is 28.4 Å². The van der Waals surface area contributed by atoms with Crippen LogP contribution in [0.15, 0.2) is 30.3 Å². The Morgan fingerprint density at radius 1 is 0.838 bits per heavy atom. The van der Waals surface area contributed by atoms with Crippen molar-refractivity contribution in [1.29, 1.82) is 0 Å². The van der Waals surface area contributed by atoms with Crippen molar-refractivity contribution >= 4 is 0 Å². The van der Waals surface area contributed by atoms with Gasteiger partial charge >= 0.3 is 0 Å². The number of nitrogens with zero attached hydrogens (tertiary/aromatic N) is 1. The minimum Gasteiger partial charge on any atom is -0.497 e. The summed E-state index contributed by atoms with van der Waals surface area (Å²) in [5.74, 6) is 3.48. The number of nitrogens with one attached hydrogen (secondary N) is 1. The second-order valence-electron chi connectivity index (χ2n) is 10.0. The molecule has 0 unspecified atom stereocenters. The predicted molar refractivity (Wildman–Crippen MR) is 152 cm³/mol. The van der Waals surface area contributed by atoms with Gasteiger partial charge in [-0.3, -0.25) is 0 Å². The van der Waals surface area contributed by atoms with Crippen molar-refractivity contribution in [2.75, 3.05) is 54.6 Å². The quantitative estimate of drug-likeness (QED) is 0.275. The molecule has 2 aromatic carbocycles. The molecule has 0 radical (unpaired) electrons. The van der Waals surface area contributed by atoms with E-state index in [9.17, 15) is 0 Å². The molecular formula is C31H48N2O4. The van der Waals surface area contributed by atoms with Crippen molar-refractivity contribution in [2.45, 2.75) is 70.8 Å². The normalized spacial score (nSPS) is 14.9. The lowest BCUT2D eigenvalue weighted by atomic mass is 9.86. The highest BCUT2D eigenvalue weighted by Crippen LogP contribution is 2.38. The van der Waals surface area contributed by atoms with Gasteiger partial charge in [-0.05, 0) is 100 Å². The molecule has 0 amide bonds. The Bertz CT molecular complexity index is 927. The summed E-state index contributed by atoms with van der Waals surface area (Å²) in [5, 5.41) is 3.60. The third-order valence-electron chi connectivity index (χ3n) is 7.51. The van der Waals surface area contributed by atoms with E-state index in [0.29, 0.717) is 6.04 Å². The number of hydrogen-bond donors (Lipinski definition) is 1. The second kappa shape index (κ2) is 15.7. The zero-order valence-electron chi connectivity index (χ0n) is 23.7. The first-order valence-corrected chi connectivity index (χ1v) is 14.0. The molecule has 1 aliphatic carbocycles. The molecule has 6 heteroatoms. The van der Waals surface area contributed by atoms with Crippen molar-refractivity contribution < 1.29 is 18.9 Å². The molecule has 206 valence electrons. The Kier molecular flexibility index (Phi) is 12.4. The number of rotatable bonds is 17. The Hall–Kier alpha value is -2.44. The second-order valence-corrected chi connectivity index (χ2v) is 10.0. The van der Waals surface area contributed by atoms with Crippen LogP contribution in [0.25, 0.3) is 0 Å². The van der Waals surface area contributed by atoms with Gasteiger partial charge in [-0.2, -0.15) is 0 Å². The van der Waals surface area contributed by atoms with Crippen LogP contribution in [0.1, 0.15) is 62.1 Å². The van der Waals surface area contributed by atoms with Gasteiger partial charge in [0.15, 0.2) is 11.5 Å². The van der Waals surface area contributed by atoms with Crippen molar-refractivity contribution in [1.82, 2.24) is 10.2 Å². The molecule has 0 bridgehead atoms. The lowest BCUT2D eigenvalue weighted by molar-refractivity contribution is 0.175. The van der Waals surface area contributed by atoms with Crippen LogP contribution in [-0.4, -0.2) is 65.6 Å². The minimum absolute atomic E-state index is 0.627. The Morgan fingerprint density at radius 2 is 1.59 bits per heavy atom. The first-order chi connectivity index (χ1) is 18.1. The number of methoxy groups -OCH3 is 4. The van der Waals surface area contributed by atoms with Gasteiger partial charge in [0.2, 0.25) is 0 Å². The van der Waals surface area contributed by atoms with Crippen molar-refractivity contribution in [3.05, 3.63) is 47.0 Å². The van der Waals surface area contributed by atoms with E-state index in [-0.39, 0.29) is 0 Å². The predicted octanol–water partition coefficient (Wildman–Crippen LogP) is 5.68. The molecule has 0 saturated carbocycles. The molecule has 37 heavy (non-hydrogen) atoms. The summed E-state index contributed by atoms with van der Waals surface area (Å²) in [5.41, 5.74) is 4.00. The molecule has 6 nitrogen and oxygen atoms in total. The molecule has 0 saturated heterocycles. The van der Waals surface area contributed by atoms with Crippen LogP contribution >= 0.6 is 0 Å². The van der Waals surface area contributed by atoms with Crippen LogP contribution in [0.4, 0.5) is 0 Å². The zero-order valence-corrected chi connectivity index (χ0v) is 23.7. The fraction of sp³-hybridized carbons (Fsp3) is 0.613. The first-order valence-electron chi connectivity index (χ1n) is 14.0. The molecule has 0 aromatic heterocycles. The average Bonchev–Trinajstić information content (AvgIpc) is 2.94. The maximum absolute atomic E-state index is 5.69. The van der Waals surface area contributed by atoms with Crippen molar-refractivity contribution in [3.63, 3.8) is 0 Å². The highest BCUT2D eigenvalue weighted by molar-refractivity contribution is 5.52. The third-order valence-corrected chi connectivity index (χ3v) is 7.51. The van der Waals surface area contributed by atoms with Gasteiger partial charge in [0.25, 0.3) is 0 Å². The summed E-state index contributed by atoms with van der Waals surface area (Å²) < 4.78 is 21.9. The van der Waals surface area contributed by atoms with Crippen LogP contribution < -0.4 is 24.3 Å². The molecule has 1 aliphatic rings. The summed E-state index contributed by atoms with van der Waals surface area (Å²) in [6.45, 7) is 6.73. The topological polar surface area (TPSA) is 52.2 Å². The monoisotopic (exact) mass is 512 g/mol. The van der Waals surface area contributed by atoms with E-state index in [1.165, 1.54) is 68.3 Å². The summed E-state index contributed by atoms with van der Waals surface area (Å²) in [6, 6.07) is 11.0. The highest BCUT2D eigenvalue weighted by atomic mass is 16.5. The Morgan fingerprint density at radius 3 is 2.27 bits per heavy atom. The summed E-state index contributed by atoms with van der Waals surface area (Å²) >= 11 is 0. The first kappa shape index (κ1) is 29.1. The number of benzene rings is 2. The lowest BCUT2D eigenvalue weighted by Crippen LogP contribution is -2.40. The van der Waals surface area contributed by atoms with Crippen LogP contribution in [-0.2, 0) is 19.3 Å². The van der Waals surface area contributed by atoms with E-state index in [2.05, 4.69) is 41.4 Å². The van der Waals surface area contributed by atoms with Crippen molar-refractivity contribution in [3.8, 4) is 23.0 Å². The van der Waals surface area contributed by atoms with Crippen LogP contribution in [0, 0.1) is 0 Å². The fourth-order valence-corrected chi connectivity index (χ4v) is 5.53. The largest absolute Gasteiger partial charge is 0.497 e. The van der Waals surface area contributed by atoms with Gasteiger partial charge in [-0.15, -0.1) is 0 Å². The van der Waals surface area contributed by atoms with Gasteiger partial charge in [-0.1, -0.05) is 25.8 Å².